The molecule has 0 radical (unpaired) electrons. The van der Waals surface area contributed by atoms with Crippen LogP contribution in [-0.4, -0.2) is 22.4 Å². The van der Waals surface area contributed by atoms with Crippen LogP contribution < -0.4 is 20.1 Å². The molecule has 3 heterocycles. The first-order valence-corrected chi connectivity index (χ1v) is 8.89. The van der Waals surface area contributed by atoms with Gasteiger partial charge in [-0.15, -0.1) is 0 Å². The van der Waals surface area contributed by atoms with Gasteiger partial charge in [-0.1, -0.05) is 12.1 Å². The van der Waals surface area contributed by atoms with Gasteiger partial charge in [-0.2, -0.15) is 0 Å². The summed E-state index contributed by atoms with van der Waals surface area (Å²) >= 11 is 0. The number of benzene rings is 2. The minimum atomic E-state index is -0.313. The van der Waals surface area contributed by atoms with Crippen LogP contribution in [0, 0.1) is 0 Å². The van der Waals surface area contributed by atoms with Crippen molar-refractivity contribution in [1.82, 2.24) is 9.55 Å². The van der Waals surface area contributed by atoms with Crippen molar-refractivity contribution in [3.8, 4) is 22.8 Å². The molecule has 0 bridgehead atoms. The number of fused-ring (bicyclic) bond motifs is 2. The number of ether oxygens (including phenoxy) is 2. The number of anilines is 2. The maximum Gasteiger partial charge on any atom is 0.323 e. The maximum absolute atomic E-state index is 12.2. The molecule has 0 spiro atoms. The van der Waals surface area contributed by atoms with Gasteiger partial charge in [0.1, 0.15) is 5.82 Å². The standard InChI is InChI=1S/C20H18N4O3/c25-20(23-15-7-8-17-18(10-15)27-12-26-17)22-14-5-3-13(4-6-14)16-11-21-19-2-1-9-24(16)19/h3-8,10-11H,1-2,9,12H2,(H2,22,23,25). The van der Waals surface area contributed by atoms with Crippen molar-refractivity contribution in [2.75, 3.05) is 17.4 Å². The normalized spacial score (nSPS) is 14.1. The summed E-state index contributed by atoms with van der Waals surface area (Å²) in [6, 6.07) is 12.8. The van der Waals surface area contributed by atoms with Crippen molar-refractivity contribution in [3.05, 3.63) is 54.5 Å². The van der Waals surface area contributed by atoms with Gasteiger partial charge >= 0.3 is 6.03 Å². The van der Waals surface area contributed by atoms with Crippen molar-refractivity contribution >= 4 is 17.4 Å². The minimum Gasteiger partial charge on any atom is -0.454 e. The fourth-order valence-corrected chi connectivity index (χ4v) is 3.48. The number of nitrogens with zero attached hydrogens (tertiary/aromatic N) is 2. The molecule has 0 saturated heterocycles. The Morgan fingerprint density at radius 3 is 2.67 bits per heavy atom. The number of aromatic nitrogens is 2. The monoisotopic (exact) mass is 362 g/mol. The molecule has 0 fully saturated rings. The highest BCUT2D eigenvalue weighted by atomic mass is 16.7. The van der Waals surface area contributed by atoms with E-state index >= 15 is 0 Å². The first kappa shape index (κ1) is 15.7. The van der Waals surface area contributed by atoms with Crippen molar-refractivity contribution in [3.63, 3.8) is 0 Å². The predicted octanol–water partition coefficient (Wildman–Crippen LogP) is 3.87. The quantitative estimate of drug-likeness (QED) is 0.741. The number of nitrogens with one attached hydrogen (secondary N) is 2. The summed E-state index contributed by atoms with van der Waals surface area (Å²) in [5, 5.41) is 5.63. The maximum atomic E-state index is 12.2. The third kappa shape index (κ3) is 2.97. The molecule has 2 aliphatic rings. The van der Waals surface area contributed by atoms with Crippen LogP contribution in [0.4, 0.5) is 16.2 Å². The zero-order valence-corrected chi connectivity index (χ0v) is 14.6. The van der Waals surface area contributed by atoms with Crippen LogP contribution in [-0.2, 0) is 13.0 Å². The van der Waals surface area contributed by atoms with Crippen molar-refractivity contribution in [2.45, 2.75) is 19.4 Å². The Kier molecular flexibility index (Phi) is 3.71. The first-order chi connectivity index (χ1) is 13.3. The van der Waals surface area contributed by atoms with Crippen molar-refractivity contribution in [1.29, 1.82) is 0 Å². The zero-order valence-electron chi connectivity index (χ0n) is 14.6. The highest BCUT2D eigenvalue weighted by Crippen LogP contribution is 2.34. The molecule has 3 aromatic rings. The number of hydrogen-bond donors (Lipinski definition) is 2. The molecule has 1 aromatic heterocycles. The Balaban J connectivity index is 1.26. The lowest BCUT2D eigenvalue weighted by atomic mass is 10.1. The topological polar surface area (TPSA) is 77.4 Å². The largest absolute Gasteiger partial charge is 0.454 e. The second kappa shape index (κ2) is 6.35. The smallest absolute Gasteiger partial charge is 0.323 e. The van der Waals surface area contributed by atoms with Gasteiger partial charge in [-0.3, -0.25) is 0 Å². The summed E-state index contributed by atoms with van der Waals surface area (Å²) in [5.41, 5.74) is 3.58. The average molecular weight is 362 g/mol. The molecule has 0 saturated carbocycles. The van der Waals surface area contributed by atoms with Crippen LogP contribution >= 0.6 is 0 Å². The molecule has 7 heteroatoms. The Morgan fingerprint density at radius 2 is 1.78 bits per heavy atom. The second-order valence-corrected chi connectivity index (χ2v) is 6.54. The van der Waals surface area contributed by atoms with Crippen molar-refractivity contribution in [2.24, 2.45) is 0 Å². The molecule has 0 atom stereocenters. The SMILES string of the molecule is O=C(Nc1ccc(-c2cnc3n2CCC3)cc1)Nc1ccc2c(c1)OCO2. The highest BCUT2D eigenvalue weighted by molar-refractivity contribution is 6.00. The van der Waals surface area contributed by atoms with Crippen LogP contribution in [0.1, 0.15) is 12.2 Å². The number of amides is 2. The van der Waals surface area contributed by atoms with E-state index in [0.29, 0.717) is 17.2 Å². The lowest BCUT2D eigenvalue weighted by Gasteiger charge is -2.09. The Hall–Kier alpha value is -3.48. The van der Waals surface area contributed by atoms with Crippen LogP contribution in [0.5, 0.6) is 11.5 Å². The van der Waals surface area contributed by atoms with Gasteiger partial charge in [0.2, 0.25) is 6.79 Å². The summed E-state index contributed by atoms with van der Waals surface area (Å²) in [5.74, 6) is 2.46. The molecule has 2 N–H and O–H groups in total. The van der Waals surface area contributed by atoms with Crippen LogP contribution in [0.25, 0.3) is 11.3 Å². The summed E-state index contributed by atoms with van der Waals surface area (Å²) in [4.78, 5) is 16.7. The minimum absolute atomic E-state index is 0.206. The fraction of sp³-hybridized carbons (Fsp3) is 0.200. The van der Waals surface area contributed by atoms with Crippen LogP contribution in [0.3, 0.4) is 0 Å². The summed E-state index contributed by atoms with van der Waals surface area (Å²) in [6.45, 7) is 1.22. The third-order valence-corrected chi connectivity index (χ3v) is 4.79. The second-order valence-electron chi connectivity index (χ2n) is 6.54. The van der Waals surface area contributed by atoms with E-state index in [1.165, 1.54) is 0 Å². The number of carbonyl (C=O) groups is 1. The molecule has 0 unspecified atom stereocenters. The molecule has 7 nitrogen and oxygen atoms in total. The van der Waals surface area contributed by atoms with E-state index in [1.54, 1.807) is 18.2 Å². The van der Waals surface area contributed by atoms with E-state index in [2.05, 4.69) is 20.2 Å². The first-order valence-electron chi connectivity index (χ1n) is 8.89. The van der Waals surface area contributed by atoms with E-state index in [4.69, 9.17) is 9.47 Å². The number of aryl methyl sites for hydroxylation is 1. The molecule has 2 aromatic carbocycles. The Labute approximate surface area is 155 Å². The number of hydrogen-bond acceptors (Lipinski definition) is 4. The Morgan fingerprint density at radius 1 is 1.00 bits per heavy atom. The molecule has 2 aliphatic heterocycles. The molecule has 27 heavy (non-hydrogen) atoms. The Bertz CT molecular complexity index is 1010. The zero-order chi connectivity index (χ0) is 18.2. The summed E-state index contributed by atoms with van der Waals surface area (Å²) < 4.78 is 12.8. The van der Waals surface area contributed by atoms with Gasteiger partial charge in [-0.05, 0) is 36.2 Å². The molecular formula is C20H18N4O3. The van der Waals surface area contributed by atoms with E-state index in [0.717, 1.165) is 42.2 Å². The van der Waals surface area contributed by atoms with Gasteiger partial charge in [0, 0.05) is 30.4 Å². The number of carbonyl (C=O) groups excluding carboxylic acids is 1. The average Bonchev–Trinajstić information content (AvgIpc) is 3.38. The molecule has 0 aliphatic carbocycles. The lowest BCUT2D eigenvalue weighted by molar-refractivity contribution is 0.174. The van der Waals surface area contributed by atoms with Gasteiger partial charge in [0.15, 0.2) is 11.5 Å². The van der Waals surface area contributed by atoms with Gasteiger partial charge < -0.3 is 24.7 Å². The number of rotatable bonds is 3. The predicted molar refractivity (Wildman–Crippen MR) is 101 cm³/mol. The van der Waals surface area contributed by atoms with E-state index in [-0.39, 0.29) is 12.8 Å². The van der Waals surface area contributed by atoms with E-state index in [1.807, 2.05) is 30.5 Å². The van der Waals surface area contributed by atoms with E-state index in [9.17, 15) is 4.79 Å². The van der Waals surface area contributed by atoms with Gasteiger partial charge in [0.25, 0.3) is 0 Å². The molecule has 136 valence electrons. The van der Waals surface area contributed by atoms with Crippen LogP contribution in [0.2, 0.25) is 0 Å². The summed E-state index contributed by atoms with van der Waals surface area (Å²) in [7, 11) is 0. The van der Waals surface area contributed by atoms with Crippen LogP contribution in [0.15, 0.2) is 48.7 Å². The van der Waals surface area contributed by atoms with Crippen molar-refractivity contribution < 1.29 is 14.3 Å². The number of urea groups is 1. The number of imidazole rings is 1. The molecular weight excluding hydrogens is 344 g/mol. The molecule has 2 amide bonds. The molecule has 5 rings (SSSR count). The summed E-state index contributed by atoms with van der Waals surface area (Å²) in [6.07, 6.45) is 4.11. The lowest BCUT2D eigenvalue weighted by Crippen LogP contribution is -2.19. The highest BCUT2D eigenvalue weighted by Gasteiger charge is 2.17. The van der Waals surface area contributed by atoms with Gasteiger partial charge in [-0.25, -0.2) is 9.78 Å². The van der Waals surface area contributed by atoms with Gasteiger partial charge in [0.05, 0.1) is 11.9 Å². The van der Waals surface area contributed by atoms with E-state index < -0.39 is 0 Å². The third-order valence-electron chi connectivity index (χ3n) is 4.79. The fourth-order valence-electron chi connectivity index (χ4n) is 3.48.